The van der Waals surface area contributed by atoms with Crippen molar-refractivity contribution >= 4 is 5.97 Å². The predicted molar refractivity (Wildman–Crippen MR) is 81.1 cm³/mol. The molecule has 0 saturated carbocycles. The third-order valence-corrected chi connectivity index (χ3v) is 3.07. The molecule has 0 unspecified atom stereocenters. The number of carbonyl (C=O) groups excluding carboxylic acids is 1. The van der Waals surface area contributed by atoms with Crippen molar-refractivity contribution in [3.8, 4) is 22.7 Å². The van der Waals surface area contributed by atoms with Crippen LogP contribution in [-0.2, 0) is 4.74 Å². The molecule has 110 valence electrons. The summed E-state index contributed by atoms with van der Waals surface area (Å²) in [6.45, 7) is 2.05. The van der Waals surface area contributed by atoms with E-state index in [0.29, 0.717) is 18.1 Å². The molecular weight excluding hydrogens is 280 g/mol. The van der Waals surface area contributed by atoms with E-state index >= 15 is 0 Å². The lowest BCUT2D eigenvalue weighted by Crippen LogP contribution is -2.02. The number of ether oxygens (including phenoxy) is 1. The number of hydrogen-bond acceptors (Lipinski definition) is 5. The van der Waals surface area contributed by atoms with Gasteiger partial charge < -0.3 is 9.15 Å². The molecule has 0 saturated heterocycles. The summed E-state index contributed by atoms with van der Waals surface area (Å²) in [5, 5.41) is 8.34. The van der Waals surface area contributed by atoms with Gasteiger partial charge in [-0.1, -0.05) is 30.3 Å². The van der Waals surface area contributed by atoms with E-state index < -0.39 is 5.97 Å². The number of furan rings is 1. The molecular formula is C17H14N2O3. The van der Waals surface area contributed by atoms with E-state index in [1.54, 1.807) is 19.1 Å². The number of carbonyl (C=O) groups is 1. The van der Waals surface area contributed by atoms with Gasteiger partial charge in [0.05, 0.1) is 12.3 Å². The molecule has 5 nitrogen and oxygen atoms in total. The lowest BCUT2D eigenvalue weighted by atomic mass is 10.1. The number of benzene rings is 1. The Balaban J connectivity index is 1.83. The fraction of sp³-hybridized carbons (Fsp3) is 0.118. The van der Waals surface area contributed by atoms with Crippen LogP contribution in [0.2, 0.25) is 0 Å². The highest BCUT2D eigenvalue weighted by molar-refractivity contribution is 5.87. The average Bonchev–Trinajstić information content (AvgIpc) is 3.06. The maximum atomic E-state index is 11.6. The molecule has 3 aromatic rings. The summed E-state index contributed by atoms with van der Waals surface area (Å²) in [6.07, 6.45) is 0. The number of hydrogen-bond donors (Lipinski definition) is 0. The standard InChI is InChI=1S/C17H14N2O3/c1-2-21-17(20)16-11-10-15(22-16)14-9-8-13(18-19-14)12-6-4-3-5-7-12/h3-11H,2H2,1H3. The molecule has 1 aromatic carbocycles. The normalized spacial score (nSPS) is 10.4. The smallest absolute Gasteiger partial charge is 0.374 e. The molecule has 0 atom stereocenters. The molecule has 0 N–H and O–H groups in total. The van der Waals surface area contributed by atoms with Gasteiger partial charge in [0.25, 0.3) is 0 Å². The van der Waals surface area contributed by atoms with E-state index in [4.69, 9.17) is 9.15 Å². The van der Waals surface area contributed by atoms with Gasteiger partial charge in [-0.2, -0.15) is 0 Å². The molecule has 0 spiro atoms. The average molecular weight is 294 g/mol. The number of aromatic nitrogens is 2. The van der Waals surface area contributed by atoms with Gasteiger partial charge in [0.2, 0.25) is 5.76 Å². The molecule has 0 amide bonds. The van der Waals surface area contributed by atoms with E-state index in [1.807, 2.05) is 42.5 Å². The first-order valence-corrected chi connectivity index (χ1v) is 6.94. The maximum Gasteiger partial charge on any atom is 0.374 e. The van der Waals surface area contributed by atoms with Gasteiger partial charge >= 0.3 is 5.97 Å². The minimum Gasteiger partial charge on any atom is -0.460 e. The molecule has 0 fully saturated rings. The Morgan fingerprint density at radius 3 is 2.41 bits per heavy atom. The molecule has 0 aliphatic rings. The zero-order valence-electron chi connectivity index (χ0n) is 12.0. The predicted octanol–water partition coefficient (Wildman–Crippen LogP) is 3.58. The van der Waals surface area contributed by atoms with Gasteiger partial charge in [0.1, 0.15) is 5.69 Å². The lowest BCUT2D eigenvalue weighted by Gasteiger charge is -2.01. The monoisotopic (exact) mass is 294 g/mol. The van der Waals surface area contributed by atoms with Crippen molar-refractivity contribution in [2.24, 2.45) is 0 Å². The summed E-state index contributed by atoms with van der Waals surface area (Å²) in [5.74, 6) is 0.156. The van der Waals surface area contributed by atoms with Crippen LogP contribution < -0.4 is 0 Å². The van der Waals surface area contributed by atoms with Crippen LogP contribution in [0.4, 0.5) is 0 Å². The van der Waals surface area contributed by atoms with Crippen LogP contribution >= 0.6 is 0 Å². The number of nitrogens with zero attached hydrogens (tertiary/aromatic N) is 2. The van der Waals surface area contributed by atoms with Gasteiger partial charge in [-0.05, 0) is 31.2 Å². The minimum absolute atomic E-state index is 0.158. The van der Waals surface area contributed by atoms with Gasteiger partial charge in [-0.3, -0.25) is 0 Å². The second-order valence-corrected chi connectivity index (χ2v) is 4.55. The third kappa shape index (κ3) is 2.88. The third-order valence-electron chi connectivity index (χ3n) is 3.07. The maximum absolute atomic E-state index is 11.6. The SMILES string of the molecule is CCOC(=O)c1ccc(-c2ccc(-c3ccccc3)nn2)o1. The van der Waals surface area contributed by atoms with Crippen LogP contribution in [-0.4, -0.2) is 22.8 Å². The van der Waals surface area contributed by atoms with Crippen LogP contribution in [0.5, 0.6) is 0 Å². The Morgan fingerprint density at radius 1 is 1.00 bits per heavy atom. The first-order chi connectivity index (χ1) is 10.8. The van der Waals surface area contributed by atoms with E-state index in [2.05, 4.69) is 10.2 Å². The largest absolute Gasteiger partial charge is 0.460 e. The Morgan fingerprint density at radius 2 is 1.73 bits per heavy atom. The summed E-state index contributed by atoms with van der Waals surface area (Å²) >= 11 is 0. The summed E-state index contributed by atoms with van der Waals surface area (Å²) in [5.41, 5.74) is 2.34. The topological polar surface area (TPSA) is 65.2 Å². The van der Waals surface area contributed by atoms with Crippen molar-refractivity contribution in [3.63, 3.8) is 0 Å². The van der Waals surface area contributed by atoms with Crippen molar-refractivity contribution in [3.05, 3.63) is 60.4 Å². The first kappa shape index (κ1) is 14.0. The summed E-state index contributed by atoms with van der Waals surface area (Å²) in [6, 6.07) is 16.7. The summed E-state index contributed by atoms with van der Waals surface area (Å²) in [4.78, 5) is 11.6. The van der Waals surface area contributed by atoms with Crippen LogP contribution in [0.1, 0.15) is 17.5 Å². The number of rotatable bonds is 4. The molecule has 3 rings (SSSR count). The molecule has 0 bridgehead atoms. The fourth-order valence-electron chi connectivity index (χ4n) is 2.01. The second-order valence-electron chi connectivity index (χ2n) is 4.55. The van der Waals surface area contributed by atoms with E-state index in [0.717, 1.165) is 11.3 Å². The van der Waals surface area contributed by atoms with Crippen LogP contribution in [0.15, 0.2) is 59.0 Å². The highest BCUT2D eigenvalue weighted by Gasteiger charge is 2.14. The van der Waals surface area contributed by atoms with E-state index in [9.17, 15) is 4.79 Å². The molecule has 5 heteroatoms. The molecule has 2 heterocycles. The highest BCUT2D eigenvalue weighted by Crippen LogP contribution is 2.22. The first-order valence-electron chi connectivity index (χ1n) is 6.94. The van der Waals surface area contributed by atoms with Crippen LogP contribution in [0, 0.1) is 0 Å². The summed E-state index contributed by atoms with van der Waals surface area (Å²) < 4.78 is 10.3. The van der Waals surface area contributed by atoms with Gasteiger partial charge in [0.15, 0.2) is 5.76 Å². The Labute approximate surface area is 127 Å². The number of esters is 1. The van der Waals surface area contributed by atoms with Crippen molar-refractivity contribution in [2.75, 3.05) is 6.61 Å². The van der Waals surface area contributed by atoms with Crippen molar-refractivity contribution in [1.82, 2.24) is 10.2 Å². The van der Waals surface area contributed by atoms with Gasteiger partial charge in [-0.25, -0.2) is 4.79 Å². The molecule has 0 radical (unpaired) electrons. The van der Waals surface area contributed by atoms with Gasteiger partial charge in [0, 0.05) is 5.56 Å². The highest BCUT2D eigenvalue weighted by atomic mass is 16.5. The molecule has 0 aliphatic carbocycles. The van der Waals surface area contributed by atoms with Crippen LogP contribution in [0.25, 0.3) is 22.7 Å². The molecule has 22 heavy (non-hydrogen) atoms. The van der Waals surface area contributed by atoms with Gasteiger partial charge in [-0.15, -0.1) is 10.2 Å². The van der Waals surface area contributed by atoms with Crippen molar-refractivity contribution in [2.45, 2.75) is 6.92 Å². The zero-order valence-corrected chi connectivity index (χ0v) is 12.0. The zero-order chi connectivity index (χ0) is 15.4. The van der Waals surface area contributed by atoms with Crippen LogP contribution in [0.3, 0.4) is 0 Å². The molecule has 0 aliphatic heterocycles. The second kappa shape index (κ2) is 6.22. The van der Waals surface area contributed by atoms with E-state index in [-0.39, 0.29) is 5.76 Å². The van der Waals surface area contributed by atoms with Crippen molar-refractivity contribution < 1.29 is 13.9 Å². The Bertz CT molecular complexity index is 764. The lowest BCUT2D eigenvalue weighted by molar-refractivity contribution is 0.0491. The Kier molecular flexibility index (Phi) is 3.96. The quantitative estimate of drug-likeness (QED) is 0.688. The fourth-order valence-corrected chi connectivity index (χ4v) is 2.01. The Hall–Kier alpha value is -2.95. The molecule has 2 aromatic heterocycles. The van der Waals surface area contributed by atoms with Crippen molar-refractivity contribution in [1.29, 1.82) is 0 Å². The minimum atomic E-state index is -0.484. The summed E-state index contributed by atoms with van der Waals surface area (Å²) in [7, 11) is 0. The van der Waals surface area contributed by atoms with E-state index in [1.165, 1.54) is 0 Å².